The van der Waals surface area contributed by atoms with Crippen molar-refractivity contribution in [3.05, 3.63) is 35.9 Å². The van der Waals surface area contributed by atoms with E-state index in [0.29, 0.717) is 19.3 Å². The van der Waals surface area contributed by atoms with E-state index >= 15 is 0 Å². The second kappa shape index (κ2) is 24.0. The molecule has 2 saturated heterocycles. The van der Waals surface area contributed by atoms with E-state index in [-0.39, 0.29) is 25.7 Å². The third kappa shape index (κ3) is 16.1. The fourth-order valence-electron chi connectivity index (χ4n) is 6.11. The number of ether oxygens (including phenoxy) is 5. The topological polar surface area (TPSA) is 204 Å². The maximum Gasteiger partial charge on any atom is 0.508 e. The summed E-state index contributed by atoms with van der Waals surface area (Å²) in [4.78, 5) is 34.9. The molecule has 2 heterocycles. The molecule has 2 fully saturated rings. The van der Waals surface area contributed by atoms with Gasteiger partial charge in [0.25, 0.3) is 0 Å². The number of thiocarbonyl (C=S) groups is 1. The summed E-state index contributed by atoms with van der Waals surface area (Å²) in [6.07, 6.45) is 0.294. The van der Waals surface area contributed by atoms with E-state index < -0.39 is 74.2 Å². The SMILES string of the molecule is [B][C@@H]1O[C@H](COC(=O)OCc2ccccc2)C(OP(O)(=S)OC)[C@@H]1CCCCCCCNC(=S)CCCCOC1O[C@H](CO)[C@H](O)[C@H](O)[C@H]1NC(C)=O. The Kier molecular flexibility index (Phi) is 20.6. The molecule has 53 heavy (non-hydrogen) atoms. The molecule has 0 saturated carbocycles. The summed E-state index contributed by atoms with van der Waals surface area (Å²) in [5, 5.41) is 35.8. The zero-order valence-corrected chi connectivity index (χ0v) is 32.8. The smallest absolute Gasteiger partial charge is 0.431 e. The highest BCUT2D eigenvalue weighted by Gasteiger charge is 2.46. The van der Waals surface area contributed by atoms with Crippen LogP contribution in [0.15, 0.2) is 30.3 Å². The van der Waals surface area contributed by atoms with Crippen LogP contribution in [0.4, 0.5) is 4.79 Å². The lowest BCUT2D eigenvalue weighted by molar-refractivity contribution is -0.270. The average molecular weight is 805 g/mol. The summed E-state index contributed by atoms with van der Waals surface area (Å²) >= 11 is 10.6. The number of amides is 1. The molecule has 3 rings (SSSR count). The molecule has 6 N–H and O–H groups in total. The van der Waals surface area contributed by atoms with Gasteiger partial charge in [-0.05, 0) is 49.5 Å². The minimum absolute atomic E-state index is 0.0591. The van der Waals surface area contributed by atoms with Crippen LogP contribution in [0.3, 0.4) is 0 Å². The van der Waals surface area contributed by atoms with Gasteiger partial charge in [-0.15, -0.1) is 0 Å². The van der Waals surface area contributed by atoms with Crippen molar-refractivity contribution in [3.63, 3.8) is 0 Å². The highest BCUT2D eigenvalue weighted by Crippen LogP contribution is 2.48. The molecule has 0 bridgehead atoms. The molecule has 1 amide bonds. The Labute approximate surface area is 323 Å². The van der Waals surface area contributed by atoms with Gasteiger partial charge in [0.1, 0.15) is 57.6 Å². The van der Waals surface area contributed by atoms with Crippen LogP contribution < -0.4 is 10.6 Å². The standard InChI is InChI=1S/C34H54BN2O13PS2/c1-22(39)37-28-30(41)29(40)25(19-38)49-33(28)45-18-12-10-16-27(52)36-17-11-5-3-4-9-15-24-31(50-51(43,53)44-2)26(48-32(24)35)21-47-34(42)46-20-23-13-7-6-8-14-23/h6-8,13-14,24-26,28-33,38,40-41H,3-5,9-12,15-21H2,1-2H3,(H,36,52)(H,37,39)(H,43,53)/t24-,25+,26+,28+,29-,30+,31?,32+,33?,51?/m0/s1. The number of aliphatic hydroxyl groups is 3. The zero-order chi connectivity index (χ0) is 38.8. The Balaban J connectivity index is 1.28. The number of nitrogens with one attached hydrogen (secondary N) is 2. The first kappa shape index (κ1) is 45.6. The first-order chi connectivity index (χ1) is 25.3. The Morgan fingerprint density at radius 1 is 0.981 bits per heavy atom. The maximum absolute atomic E-state index is 12.2. The van der Waals surface area contributed by atoms with Gasteiger partial charge in [-0.2, -0.15) is 0 Å². The maximum atomic E-state index is 12.2. The van der Waals surface area contributed by atoms with E-state index in [0.717, 1.165) is 55.6 Å². The van der Waals surface area contributed by atoms with Crippen LogP contribution in [-0.4, -0.2) is 127 Å². The fourth-order valence-corrected chi connectivity index (χ4v) is 7.34. The Hall–Kier alpha value is -1.80. The lowest BCUT2D eigenvalue weighted by Gasteiger charge is -2.42. The Bertz CT molecular complexity index is 1310. The minimum atomic E-state index is -3.56. The van der Waals surface area contributed by atoms with E-state index in [1.807, 2.05) is 30.3 Å². The van der Waals surface area contributed by atoms with Crippen LogP contribution in [0, 0.1) is 5.92 Å². The van der Waals surface area contributed by atoms with Crippen LogP contribution in [0.1, 0.15) is 70.3 Å². The van der Waals surface area contributed by atoms with Crippen LogP contribution in [0.2, 0.25) is 0 Å². The fraction of sp³-hybridized carbons (Fsp3) is 0.735. The van der Waals surface area contributed by atoms with Crippen molar-refractivity contribution in [2.24, 2.45) is 5.92 Å². The largest absolute Gasteiger partial charge is 0.508 e. The molecule has 10 atom stereocenters. The third-order valence-corrected chi connectivity index (χ3v) is 11.0. The van der Waals surface area contributed by atoms with Gasteiger partial charge >= 0.3 is 12.9 Å². The number of aliphatic hydroxyl groups excluding tert-OH is 3. The molecule has 0 aliphatic carbocycles. The van der Waals surface area contributed by atoms with Gasteiger partial charge < -0.3 is 63.6 Å². The molecule has 1 aromatic carbocycles. The normalized spacial score (nSPS) is 28.2. The van der Waals surface area contributed by atoms with E-state index in [9.17, 15) is 29.8 Å². The summed E-state index contributed by atoms with van der Waals surface area (Å²) in [7, 11) is 7.57. The first-order valence-corrected chi connectivity index (χ1v) is 20.9. The predicted molar refractivity (Wildman–Crippen MR) is 202 cm³/mol. The van der Waals surface area contributed by atoms with E-state index in [1.165, 1.54) is 14.0 Å². The van der Waals surface area contributed by atoms with Crippen molar-refractivity contribution in [2.45, 2.75) is 120 Å². The molecule has 2 radical (unpaired) electrons. The van der Waals surface area contributed by atoms with Crippen molar-refractivity contribution >= 4 is 55.6 Å². The minimum Gasteiger partial charge on any atom is -0.431 e. The molecule has 1 aromatic rings. The first-order valence-electron chi connectivity index (χ1n) is 17.9. The summed E-state index contributed by atoms with van der Waals surface area (Å²) in [6, 6.07) is 7.53. The van der Waals surface area contributed by atoms with Gasteiger partial charge in [-0.1, -0.05) is 68.2 Å². The lowest BCUT2D eigenvalue weighted by Crippen LogP contribution is -2.64. The van der Waals surface area contributed by atoms with Crippen LogP contribution in [-0.2, 0) is 55.9 Å². The number of carbonyl (C=O) groups is 2. The van der Waals surface area contributed by atoms with E-state index in [4.69, 9.17) is 64.6 Å². The van der Waals surface area contributed by atoms with Crippen molar-refractivity contribution in [1.29, 1.82) is 0 Å². The van der Waals surface area contributed by atoms with Crippen LogP contribution in [0.25, 0.3) is 0 Å². The molecule has 298 valence electrons. The van der Waals surface area contributed by atoms with Crippen LogP contribution >= 0.6 is 18.9 Å². The molecular weight excluding hydrogens is 750 g/mol. The van der Waals surface area contributed by atoms with Gasteiger partial charge in [0.2, 0.25) is 5.91 Å². The molecule has 3 unspecified atom stereocenters. The molecule has 2 aliphatic rings. The predicted octanol–water partition coefficient (Wildman–Crippen LogP) is 2.49. The van der Waals surface area contributed by atoms with Crippen LogP contribution in [0.5, 0.6) is 0 Å². The van der Waals surface area contributed by atoms with Crippen molar-refractivity contribution in [1.82, 2.24) is 10.6 Å². The lowest BCUT2D eigenvalue weighted by atomic mass is 9.81. The Morgan fingerprint density at radius 3 is 2.40 bits per heavy atom. The van der Waals surface area contributed by atoms with E-state index in [1.54, 1.807) is 0 Å². The number of hydrogen-bond acceptors (Lipinski definition) is 14. The van der Waals surface area contributed by atoms with Crippen molar-refractivity contribution < 1.29 is 62.5 Å². The summed E-state index contributed by atoms with van der Waals surface area (Å²) in [5.74, 6) is -0.710. The highest BCUT2D eigenvalue weighted by molar-refractivity contribution is 8.07. The number of unbranched alkanes of at least 4 members (excludes halogenated alkanes) is 5. The number of rotatable bonds is 23. The van der Waals surface area contributed by atoms with Gasteiger partial charge in [0.15, 0.2) is 6.29 Å². The molecule has 15 nitrogen and oxygen atoms in total. The summed E-state index contributed by atoms with van der Waals surface area (Å²) in [5.41, 5.74) is 0.817. The third-order valence-electron chi connectivity index (χ3n) is 8.96. The van der Waals surface area contributed by atoms with Gasteiger partial charge in [-0.25, -0.2) is 4.79 Å². The molecule has 0 aromatic heterocycles. The second-order valence-electron chi connectivity index (χ2n) is 13.0. The highest BCUT2D eigenvalue weighted by atomic mass is 32.5. The van der Waals surface area contributed by atoms with E-state index in [2.05, 4.69) is 10.6 Å². The second-order valence-corrected chi connectivity index (χ2v) is 16.4. The van der Waals surface area contributed by atoms with Gasteiger partial charge in [0.05, 0.1) is 11.6 Å². The average Bonchev–Trinajstić information content (AvgIpc) is 3.42. The molecule has 19 heteroatoms. The van der Waals surface area contributed by atoms with Gasteiger partial charge in [0, 0.05) is 39.1 Å². The molecule has 0 spiro atoms. The monoisotopic (exact) mass is 804 g/mol. The molecule has 2 aliphatic heterocycles. The number of hydrogen-bond donors (Lipinski definition) is 6. The quantitative estimate of drug-likeness (QED) is 0.0309. The molecular formula is C34H54BN2O13PS2. The number of carbonyl (C=O) groups excluding carboxylic acids is 2. The van der Waals surface area contributed by atoms with Gasteiger partial charge in [-0.3, -0.25) is 4.79 Å². The van der Waals surface area contributed by atoms with Crippen molar-refractivity contribution in [3.8, 4) is 0 Å². The Morgan fingerprint density at radius 2 is 1.70 bits per heavy atom. The summed E-state index contributed by atoms with van der Waals surface area (Å²) in [6.45, 7) is -1.88. The zero-order valence-electron chi connectivity index (χ0n) is 30.3. The number of benzene rings is 1. The summed E-state index contributed by atoms with van der Waals surface area (Å²) < 4.78 is 38.4. The van der Waals surface area contributed by atoms with Crippen molar-refractivity contribution in [2.75, 3.05) is 33.5 Å².